The van der Waals surface area contributed by atoms with Gasteiger partial charge in [-0.25, -0.2) is 18.4 Å². The Kier molecular flexibility index (Phi) is 4.90. The fourth-order valence-corrected chi connectivity index (χ4v) is 5.49. The van der Waals surface area contributed by atoms with Crippen molar-refractivity contribution in [3.8, 4) is 0 Å². The van der Waals surface area contributed by atoms with Gasteiger partial charge < -0.3 is 5.73 Å². The lowest BCUT2D eigenvalue weighted by Gasteiger charge is -2.09. The molecule has 2 aromatic carbocycles. The smallest absolute Gasteiger partial charge is 0.212 e. The molecule has 0 atom stereocenters. The first-order valence-corrected chi connectivity index (χ1v) is 11.7. The Morgan fingerprint density at radius 1 is 0.970 bits per heavy atom. The number of aromatic nitrogens is 4. The molecule has 0 unspecified atom stereocenters. The quantitative estimate of drug-likeness (QED) is 0.410. The van der Waals surface area contributed by atoms with Crippen LogP contribution in [0.4, 0.5) is 5.82 Å². The van der Waals surface area contributed by atoms with Crippen LogP contribution in [0.15, 0.2) is 81.9 Å². The van der Waals surface area contributed by atoms with Crippen molar-refractivity contribution in [2.75, 3.05) is 5.73 Å². The Hall–Kier alpha value is -4.11. The van der Waals surface area contributed by atoms with Gasteiger partial charge in [-0.3, -0.25) is 4.98 Å². The number of nitrogens with two attached hydrogens (primary N) is 1. The summed E-state index contributed by atoms with van der Waals surface area (Å²) in [4.78, 5) is 13.4. The molecule has 164 valence electrons. The van der Waals surface area contributed by atoms with E-state index in [1.807, 2.05) is 25.1 Å². The van der Waals surface area contributed by atoms with Gasteiger partial charge in [0.2, 0.25) is 9.84 Å². The molecule has 0 spiro atoms. The first-order chi connectivity index (χ1) is 15.9. The van der Waals surface area contributed by atoms with Crippen LogP contribution in [0.2, 0.25) is 0 Å². The van der Waals surface area contributed by atoms with E-state index in [2.05, 4.69) is 20.1 Å². The van der Waals surface area contributed by atoms with Gasteiger partial charge in [0.25, 0.3) is 0 Å². The number of nitrogens with zero attached hydrogens (tertiary/aromatic N) is 5. The normalized spacial score (nSPS) is 12.2. The van der Waals surface area contributed by atoms with E-state index in [4.69, 9.17) is 5.73 Å². The predicted molar refractivity (Wildman–Crippen MR) is 128 cm³/mol. The van der Waals surface area contributed by atoms with Crippen LogP contribution in [0.3, 0.4) is 0 Å². The van der Waals surface area contributed by atoms with Gasteiger partial charge in [0.05, 0.1) is 22.1 Å². The summed E-state index contributed by atoms with van der Waals surface area (Å²) >= 11 is 0. The molecular weight excluding hydrogens is 436 g/mol. The van der Waals surface area contributed by atoms with Crippen LogP contribution < -0.4 is 5.73 Å². The maximum Gasteiger partial charge on any atom is 0.212 e. The number of hydrogen-bond acceptors (Lipinski definition) is 7. The second-order valence-corrected chi connectivity index (χ2v) is 9.56. The van der Waals surface area contributed by atoms with Crippen molar-refractivity contribution in [2.24, 2.45) is 5.10 Å². The minimum Gasteiger partial charge on any atom is -0.382 e. The topological polar surface area (TPSA) is 116 Å². The van der Waals surface area contributed by atoms with Gasteiger partial charge in [0.1, 0.15) is 16.2 Å². The van der Waals surface area contributed by atoms with E-state index in [1.165, 1.54) is 4.68 Å². The summed E-state index contributed by atoms with van der Waals surface area (Å²) in [5, 5.41) is 4.45. The highest BCUT2D eigenvalue weighted by atomic mass is 32.2. The molecule has 9 heteroatoms. The van der Waals surface area contributed by atoms with Crippen molar-refractivity contribution in [2.45, 2.75) is 23.6 Å². The number of sulfone groups is 1. The summed E-state index contributed by atoms with van der Waals surface area (Å²) in [5.74, 6) is -0.0495. The Balaban J connectivity index is 1.83. The van der Waals surface area contributed by atoms with E-state index in [9.17, 15) is 8.42 Å². The molecule has 0 bridgehead atoms. The minimum atomic E-state index is -4.01. The van der Waals surface area contributed by atoms with Gasteiger partial charge in [-0.2, -0.15) is 9.78 Å². The molecule has 0 fully saturated rings. The standard InChI is InChI=1S/C24H20N6O2S/c1-15-7-8-16(2)20(13-15)33(31,32)22-21-24(29-19-6-4-3-5-18(19)28-21)30(23(22)25)27-14-17-9-11-26-12-10-17/h3-14H,25H2,1-2H3. The zero-order valence-corrected chi connectivity index (χ0v) is 18.8. The SMILES string of the molecule is Cc1ccc(C)c(S(=O)(=O)c2c(N)n(N=Cc3ccncc3)c3nc4ccccc4nc23)c1. The number of fused-ring (bicyclic) bond motifs is 2. The molecule has 8 nitrogen and oxygen atoms in total. The van der Waals surface area contributed by atoms with Crippen LogP contribution in [-0.4, -0.2) is 34.3 Å². The summed E-state index contributed by atoms with van der Waals surface area (Å²) in [6, 6.07) is 16.1. The number of benzene rings is 2. The molecule has 0 aliphatic heterocycles. The number of para-hydroxylation sites is 2. The molecule has 5 rings (SSSR count). The van der Waals surface area contributed by atoms with E-state index in [1.54, 1.807) is 61.9 Å². The van der Waals surface area contributed by atoms with Gasteiger partial charge in [0, 0.05) is 12.4 Å². The number of aryl methyl sites for hydroxylation is 2. The molecule has 33 heavy (non-hydrogen) atoms. The maximum atomic E-state index is 13.8. The minimum absolute atomic E-state index is 0.0495. The predicted octanol–water partition coefficient (Wildman–Crippen LogP) is 3.89. The van der Waals surface area contributed by atoms with Crippen molar-refractivity contribution in [1.82, 2.24) is 19.6 Å². The highest BCUT2D eigenvalue weighted by molar-refractivity contribution is 7.92. The summed E-state index contributed by atoms with van der Waals surface area (Å²) in [6.07, 6.45) is 4.85. The summed E-state index contributed by atoms with van der Waals surface area (Å²) < 4.78 is 29.0. The molecule has 0 radical (unpaired) electrons. The van der Waals surface area contributed by atoms with Gasteiger partial charge in [-0.1, -0.05) is 24.3 Å². The zero-order valence-electron chi connectivity index (χ0n) is 18.0. The third-order valence-corrected chi connectivity index (χ3v) is 7.32. The fourth-order valence-electron chi connectivity index (χ4n) is 3.68. The number of anilines is 1. The third kappa shape index (κ3) is 3.52. The molecule has 5 aromatic rings. The van der Waals surface area contributed by atoms with Crippen molar-refractivity contribution in [3.05, 3.63) is 83.7 Å². The van der Waals surface area contributed by atoms with E-state index >= 15 is 0 Å². The third-order valence-electron chi connectivity index (χ3n) is 5.36. The van der Waals surface area contributed by atoms with Crippen molar-refractivity contribution in [1.29, 1.82) is 0 Å². The lowest BCUT2D eigenvalue weighted by molar-refractivity contribution is 0.596. The molecule has 3 heterocycles. The van der Waals surface area contributed by atoms with Gasteiger partial charge in [-0.05, 0) is 60.9 Å². The Labute approximate surface area is 190 Å². The molecule has 0 aliphatic rings. The average Bonchev–Trinajstić information content (AvgIpc) is 3.09. The first kappa shape index (κ1) is 20.8. The van der Waals surface area contributed by atoms with Crippen LogP contribution in [0, 0.1) is 13.8 Å². The largest absolute Gasteiger partial charge is 0.382 e. The highest BCUT2D eigenvalue weighted by Crippen LogP contribution is 2.36. The highest BCUT2D eigenvalue weighted by Gasteiger charge is 2.31. The molecule has 0 amide bonds. The number of hydrogen-bond donors (Lipinski definition) is 1. The molecule has 2 N–H and O–H groups in total. The van der Waals surface area contributed by atoms with E-state index in [0.717, 1.165) is 11.1 Å². The first-order valence-electron chi connectivity index (χ1n) is 10.2. The van der Waals surface area contributed by atoms with Crippen LogP contribution >= 0.6 is 0 Å². The van der Waals surface area contributed by atoms with E-state index < -0.39 is 9.84 Å². The zero-order chi connectivity index (χ0) is 23.2. The van der Waals surface area contributed by atoms with Crippen LogP contribution in [-0.2, 0) is 9.84 Å². The van der Waals surface area contributed by atoms with Crippen LogP contribution in [0.5, 0.6) is 0 Å². The number of nitrogen functional groups attached to an aromatic ring is 1. The second kappa shape index (κ2) is 7.79. The Morgan fingerprint density at radius 2 is 1.67 bits per heavy atom. The Morgan fingerprint density at radius 3 is 2.39 bits per heavy atom. The lowest BCUT2D eigenvalue weighted by Crippen LogP contribution is -2.08. The van der Waals surface area contributed by atoms with Gasteiger partial charge in [-0.15, -0.1) is 0 Å². The maximum absolute atomic E-state index is 13.8. The number of pyridine rings is 1. The monoisotopic (exact) mass is 456 g/mol. The second-order valence-electron chi connectivity index (χ2n) is 7.71. The van der Waals surface area contributed by atoms with E-state index in [-0.39, 0.29) is 26.8 Å². The van der Waals surface area contributed by atoms with Crippen LogP contribution in [0.1, 0.15) is 16.7 Å². The molecule has 3 aromatic heterocycles. The van der Waals surface area contributed by atoms with E-state index in [0.29, 0.717) is 16.6 Å². The molecule has 0 saturated carbocycles. The lowest BCUT2D eigenvalue weighted by atomic mass is 10.2. The summed E-state index contributed by atoms with van der Waals surface area (Å²) in [7, 11) is -4.01. The molecular formula is C24H20N6O2S. The van der Waals surface area contributed by atoms with Crippen molar-refractivity contribution >= 4 is 44.1 Å². The fraction of sp³-hybridized carbons (Fsp3) is 0.0833. The summed E-state index contributed by atoms with van der Waals surface area (Å²) in [6.45, 7) is 3.60. The number of rotatable bonds is 4. The Bertz CT molecular complexity index is 1660. The van der Waals surface area contributed by atoms with Crippen LogP contribution in [0.25, 0.3) is 22.2 Å². The average molecular weight is 457 g/mol. The van der Waals surface area contributed by atoms with Gasteiger partial charge in [0.15, 0.2) is 5.65 Å². The van der Waals surface area contributed by atoms with Crippen molar-refractivity contribution < 1.29 is 8.42 Å². The van der Waals surface area contributed by atoms with Crippen molar-refractivity contribution in [3.63, 3.8) is 0 Å². The van der Waals surface area contributed by atoms with Gasteiger partial charge >= 0.3 is 0 Å². The molecule has 0 saturated heterocycles. The summed E-state index contributed by atoms with van der Waals surface area (Å²) in [5.41, 5.74) is 10.3. The molecule has 0 aliphatic carbocycles.